The maximum absolute atomic E-state index is 11.6. The molecule has 1 aromatic heterocycles. The van der Waals surface area contributed by atoms with Gasteiger partial charge in [-0.2, -0.15) is 5.10 Å². The summed E-state index contributed by atoms with van der Waals surface area (Å²) in [5, 5.41) is 4.33. The van der Waals surface area contributed by atoms with Gasteiger partial charge in [0.15, 0.2) is 0 Å². The van der Waals surface area contributed by atoms with Crippen molar-refractivity contribution in [1.82, 2.24) is 9.78 Å². The lowest BCUT2D eigenvalue weighted by molar-refractivity contribution is 0.0526. The minimum Gasteiger partial charge on any atom is -0.462 e. The molecule has 1 aliphatic carbocycles. The summed E-state index contributed by atoms with van der Waals surface area (Å²) >= 11 is 0. The van der Waals surface area contributed by atoms with Crippen molar-refractivity contribution in [3.63, 3.8) is 0 Å². The largest absolute Gasteiger partial charge is 0.462 e. The van der Waals surface area contributed by atoms with E-state index in [-0.39, 0.29) is 5.97 Å². The second-order valence-electron chi connectivity index (χ2n) is 5.50. The summed E-state index contributed by atoms with van der Waals surface area (Å²) in [5.74, 6) is 1.18. The van der Waals surface area contributed by atoms with Crippen LogP contribution >= 0.6 is 0 Å². The highest BCUT2D eigenvalue weighted by molar-refractivity contribution is 5.88. The quantitative estimate of drug-likeness (QED) is 0.774. The Hall–Kier alpha value is -1.32. The number of rotatable bonds is 3. The van der Waals surface area contributed by atoms with E-state index in [9.17, 15) is 4.79 Å². The molecule has 2 rings (SSSR count). The molecule has 1 saturated carbocycles. The Bertz CT molecular complexity index is 404. The van der Waals surface area contributed by atoms with E-state index in [1.54, 1.807) is 6.20 Å². The van der Waals surface area contributed by atoms with Crippen LogP contribution in [0.25, 0.3) is 0 Å². The van der Waals surface area contributed by atoms with Crippen molar-refractivity contribution in [2.45, 2.75) is 46.1 Å². The molecular weight excluding hydrogens is 228 g/mol. The van der Waals surface area contributed by atoms with Crippen molar-refractivity contribution in [1.29, 1.82) is 0 Å². The zero-order chi connectivity index (χ0) is 13.1. The number of aromatic nitrogens is 2. The minimum absolute atomic E-state index is 0.277. The summed E-state index contributed by atoms with van der Waals surface area (Å²) in [6, 6.07) is 0.423. The number of hydrogen-bond acceptors (Lipinski definition) is 3. The molecule has 0 aliphatic heterocycles. The maximum atomic E-state index is 11.6. The van der Waals surface area contributed by atoms with E-state index < -0.39 is 0 Å². The number of hydrogen-bond donors (Lipinski definition) is 0. The zero-order valence-corrected chi connectivity index (χ0v) is 11.4. The molecule has 18 heavy (non-hydrogen) atoms. The van der Waals surface area contributed by atoms with Crippen LogP contribution in [0.3, 0.4) is 0 Å². The van der Waals surface area contributed by atoms with Gasteiger partial charge in [-0.25, -0.2) is 4.79 Å². The molecule has 4 heteroatoms. The van der Waals surface area contributed by atoms with E-state index in [0.717, 1.165) is 24.7 Å². The molecule has 0 radical (unpaired) electrons. The first-order valence-electron chi connectivity index (χ1n) is 6.81. The van der Waals surface area contributed by atoms with Crippen LogP contribution in [-0.2, 0) is 4.74 Å². The fourth-order valence-corrected chi connectivity index (χ4v) is 2.98. The lowest BCUT2D eigenvalue weighted by Crippen LogP contribution is -2.22. The summed E-state index contributed by atoms with van der Waals surface area (Å²) in [6.07, 6.45) is 7.03. The van der Waals surface area contributed by atoms with Crippen LogP contribution in [0.2, 0.25) is 0 Å². The van der Waals surface area contributed by atoms with E-state index in [1.165, 1.54) is 6.42 Å². The molecule has 100 valence electrons. The average molecular weight is 250 g/mol. The van der Waals surface area contributed by atoms with Gasteiger partial charge in [0.2, 0.25) is 0 Å². The van der Waals surface area contributed by atoms with Gasteiger partial charge in [-0.15, -0.1) is 0 Å². The molecule has 1 aromatic rings. The first-order valence-corrected chi connectivity index (χ1v) is 6.81. The van der Waals surface area contributed by atoms with Gasteiger partial charge in [0, 0.05) is 6.20 Å². The van der Waals surface area contributed by atoms with Gasteiger partial charge in [-0.1, -0.05) is 13.8 Å². The molecule has 4 nitrogen and oxygen atoms in total. The highest BCUT2D eigenvalue weighted by Gasteiger charge is 2.26. The summed E-state index contributed by atoms with van der Waals surface area (Å²) in [7, 11) is 0. The molecule has 2 atom stereocenters. The van der Waals surface area contributed by atoms with Crippen molar-refractivity contribution in [2.75, 3.05) is 6.61 Å². The molecule has 0 N–H and O–H groups in total. The van der Waals surface area contributed by atoms with Gasteiger partial charge in [0.1, 0.15) is 0 Å². The third-order valence-electron chi connectivity index (χ3n) is 3.64. The summed E-state index contributed by atoms with van der Waals surface area (Å²) in [5.41, 5.74) is 0.558. The minimum atomic E-state index is -0.277. The van der Waals surface area contributed by atoms with Gasteiger partial charge >= 0.3 is 5.97 Å². The molecule has 0 saturated heterocycles. The molecular formula is C14H22N2O2. The number of carbonyl (C=O) groups is 1. The fraction of sp³-hybridized carbons (Fsp3) is 0.714. The van der Waals surface area contributed by atoms with Gasteiger partial charge in [-0.05, 0) is 38.0 Å². The standard InChI is InChI=1S/C14H22N2O2/c1-4-18-14(17)12-8-15-16(9-12)13-6-10(2)5-11(3)7-13/h8-11,13H,4-7H2,1-3H3. The first kappa shape index (κ1) is 13.1. The van der Waals surface area contributed by atoms with E-state index in [4.69, 9.17) is 4.74 Å². The van der Waals surface area contributed by atoms with Crippen LogP contribution < -0.4 is 0 Å². The highest BCUT2D eigenvalue weighted by atomic mass is 16.5. The number of carbonyl (C=O) groups excluding carboxylic acids is 1. The van der Waals surface area contributed by atoms with E-state index in [1.807, 2.05) is 17.8 Å². The summed E-state index contributed by atoms with van der Waals surface area (Å²) < 4.78 is 6.92. The Morgan fingerprint density at radius 3 is 2.67 bits per heavy atom. The topological polar surface area (TPSA) is 44.1 Å². The lowest BCUT2D eigenvalue weighted by Gasteiger charge is -2.31. The van der Waals surface area contributed by atoms with Crippen molar-refractivity contribution >= 4 is 5.97 Å². The van der Waals surface area contributed by atoms with Crippen LogP contribution in [0.15, 0.2) is 12.4 Å². The maximum Gasteiger partial charge on any atom is 0.341 e. The normalized spacial score (nSPS) is 28.1. The third kappa shape index (κ3) is 2.92. The van der Waals surface area contributed by atoms with E-state index in [2.05, 4.69) is 18.9 Å². The second kappa shape index (κ2) is 5.55. The Morgan fingerprint density at radius 1 is 1.39 bits per heavy atom. The molecule has 1 aliphatic rings. The smallest absolute Gasteiger partial charge is 0.341 e. The van der Waals surface area contributed by atoms with Gasteiger partial charge in [-0.3, -0.25) is 4.68 Å². The number of ether oxygens (including phenoxy) is 1. The van der Waals surface area contributed by atoms with Crippen LogP contribution in [0.1, 0.15) is 56.4 Å². The third-order valence-corrected chi connectivity index (χ3v) is 3.64. The highest BCUT2D eigenvalue weighted by Crippen LogP contribution is 2.35. The molecule has 1 heterocycles. The van der Waals surface area contributed by atoms with Crippen molar-refractivity contribution in [3.8, 4) is 0 Å². The Labute approximate surface area is 108 Å². The predicted molar refractivity (Wildman–Crippen MR) is 69.4 cm³/mol. The molecule has 0 spiro atoms. The zero-order valence-electron chi connectivity index (χ0n) is 11.4. The molecule has 2 unspecified atom stereocenters. The lowest BCUT2D eigenvalue weighted by atomic mass is 9.80. The average Bonchev–Trinajstić information content (AvgIpc) is 2.77. The Kier molecular flexibility index (Phi) is 4.04. The number of esters is 1. The molecule has 0 amide bonds. The Morgan fingerprint density at radius 2 is 2.06 bits per heavy atom. The van der Waals surface area contributed by atoms with Crippen LogP contribution in [-0.4, -0.2) is 22.4 Å². The second-order valence-corrected chi connectivity index (χ2v) is 5.50. The van der Waals surface area contributed by atoms with Crippen LogP contribution in [0.5, 0.6) is 0 Å². The Balaban J connectivity index is 2.07. The monoisotopic (exact) mass is 250 g/mol. The molecule has 0 bridgehead atoms. The molecule has 1 fully saturated rings. The SMILES string of the molecule is CCOC(=O)c1cnn(C2CC(C)CC(C)C2)c1. The molecule has 0 aromatic carbocycles. The van der Waals surface area contributed by atoms with Crippen LogP contribution in [0, 0.1) is 11.8 Å². The van der Waals surface area contributed by atoms with Crippen molar-refractivity contribution < 1.29 is 9.53 Å². The van der Waals surface area contributed by atoms with Gasteiger partial charge in [0.25, 0.3) is 0 Å². The predicted octanol–water partition coefficient (Wildman–Crippen LogP) is 3.06. The fourth-order valence-electron chi connectivity index (χ4n) is 2.98. The van der Waals surface area contributed by atoms with Crippen LogP contribution in [0.4, 0.5) is 0 Å². The van der Waals surface area contributed by atoms with Crippen molar-refractivity contribution in [3.05, 3.63) is 18.0 Å². The summed E-state index contributed by atoms with van der Waals surface area (Å²) in [6.45, 7) is 6.80. The number of nitrogens with zero attached hydrogens (tertiary/aromatic N) is 2. The summed E-state index contributed by atoms with van der Waals surface area (Å²) in [4.78, 5) is 11.6. The van der Waals surface area contributed by atoms with Gasteiger partial charge < -0.3 is 4.74 Å². The van der Waals surface area contributed by atoms with Crippen molar-refractivity contribution in [2.24, 2.45) is 11.8 Å². The van der Waals surface area contributed by atoms with E-state index >= 15 is 0 Å². The van der Waals surface area contributed by atoms with E-state index in [0.29, 0.717) is 18.2 Å². The van der Waals surface area contributed by atoms with Gasteiger partial charge in [0.05, 0.1) is 24.4 Å². The first-order chi connectivity index (χ1) is 8.60.